The van der Waals surface area contributed by atoms with E-state index in [-0.39, 0.29) is 23.6 Å². The van der Waals surface area contributed by atoms with E-state index in [1.54, 1.807) is 0 Å². The van der Waals surface area contributed by atoms with Crippen molar-refractivity contribution in [1.82, 2.24) is 5.16 Å². The number of hydrogen-bond acceptors (Lipinski definition) is 5. The Morgan fingerprint density at radius 2 is 2.14 bits per heavy atom. The number of aryl methyl sites for hydroxylation is 1. The zero-order valence-corrected chi connectivity index (χ0v) is 12.6. The van der Waals surface area contributed by atoms with E-state index < -0.39 is 0 Å². The first-order valence-electron chi connectivity index (χ1n) is 7.89. The number of fused-ring (bicyclic) bond motifs is 2. The van der Waals surface area contributed by atoms with Gasteiger partial charge in [0.25, 0.3) is 0 Å². The van der Waals surface area contributed by atoms with Gasteiger partial charge in [-0.15, -0.1) is 0 Å². The minimum absolute atomic E-state index is 0.0755. The summed E-state index contributed by atoms with van der Waals surface area (Å²) in [7, 11) is 0. The fourth-order valence-electron chi connectivity index (χ4n) is 4.23. The summed E-state index contributed by atoms with van der Waals surface area (Å²) < 4.78 is 16.8. The number of aromatic nitrogens is 1. The first kappa shape index (κ1) is 13.3. The molecule has 0 unspecified atom stereocenters. The van der Waals surface area contributed by atoms with Crippen molar-refractivity contribution in [3.63, 3.8) is 0 Å². The topological polar surface area (TPSA) is 61.6 Å². The summed E-state index contributed by atoms with van der Waals surface area (Å²) in [5, 5.41) is 3.96. The Morgan fingerprint density at radius 1 is 1.33 bits per heavy atom. The molecule has 2 fully saturated rings. The average Bonchev–Trinajstić information content (AvgIpc) is 3.10. The molecule has 1 saturated carbocycles. The average molecular weight is 291 g/mol. The molecule has 114 valence electrons. The molecular weight excluding hydrogens is 270 g/mol. The van der Waals surface area contributed by atoms with Gasteiger partial charge in [0.05, 0.1) is 6.10 Å². The Balaban J connectivity index is 1.53. The normalized spacial score (nSPS) is 33.0. The van der Waals surface area contributed by atoms with Crippen molar-refractivity contribution in [2.24, 2.45) is 11.3 Å². The lowest BCUT2D eigenvalue weighted by molar-refractivity contribution is -0.183. The SMILES string of the molecule is CC1(C)[C@@H]2OCC[C@@H]2[C@@H]1OC(=O)c1noc2c1CCCC2. The predicted octanol–water partition coefficient (Wildman–Crippen LogP) is 2.52. The number of rotatable bonds is 2. The zero-order valence-electron chi connectivity index (χ0n) is 12.6. The van der Waals surface area contributed by atoms with Gasteiger partial charge >= 0.3 is 5.97 Å². The third kappa shape index (κ3) is 1.86. The highest BCUT2D eigenvalue weighted by molar-refractivity contribution is 5.89. The van der Waals surface area contributed by atoms with E-state index in [1.807, 2.05) is 0 Å². The van der Waals surface area contributed by atoms with Gasteiger partial charge in [0.15, 0.2) is 5.69 Å². The molecule has 0 aromatic carbocycles. The van der Waals surface area contributed by atoms with E-state index in [4.69, 9.17) is 14.0 Å². The molecule has 5 heteroatoms. The van der Waals surface area contributed by atoms with Crippen LogP contribution < -0.4 is 0 Å². The monoisotopic (exact) mass is 291 g/mol. The quantitative estimate of drug-likeness (QED) is 0.784. The third-order valence-corrected chi connectivity index (χ3v) is 5.37. The van der Waals surface area contributed by atoms with Crippen LogP contribution in [0.1, 0.15) is 54.9 Å². The summed E-state index contributed by atoms with van der Waals surface area (Å²) in [6, 6.07) is 0. The Bertz CT molecular complexity index is 577. The van der Waals surface area contributed by atoms with E-state index in [0.29, 0.717) is 11.6 Å². The van der Waals surface area contributed by atoms with Crippen molar-refractivity contribution in [3.8, 4) is 0 Å². The van der Waals surface area contributed by atoms with Gasteiger partial charge in [0.2, 0.25) is 0 Å². The van der Waals surface area contributed by atoms with Crippen molar-refractivity contribution in [1.29, 1.82) is 0 Å². The van der Waals surface area contributed by atoms with Crippen molar-refractivity contribution >= 4 is 5.97 Å². The van der Waals surface area contributed by atoms with E-state index >= 15 is 0 Å². The van der Waals surface area contributed by atoms with Gasteiger partial charge in [-0.1, -0.05) is 19.0 Å². The van der Waals surface area contributed by atoms with Crippen LogP contribution in [0, 0.1) is 11.3 Å². The molecule has 21 heavy (non-hydrogen) atoms. The summed E-state index contributed by atoms with van der Waals surface area (Å²) in [5.41, 5.74) is 1.24. The Labute approximate surface area is 124 Å². The Morgan fingerprint density at radius 3 is 3.00 bits per heavy atom. The molecule has 3 aliphatic rings. The summed E-state index contributed by atoms with van der Waals surface area (Å²) in [6.07, 6.45) is 5.06. The molecule has 1 aromatic heterocycles. The van der Waals surface area contributed by atoms with Crippen LogP contribution in [-0.2, 0) is 22.3 Å². The van der Waals surface area contributed by atoms with Gasteiger partial charge < -0.3 is 14.0 Å². The number of carbonyl (C=O) groups excluding carboxylic acids is 1. The van der Waals surface area contributed by atoms with Crippen LogP contribution in [0.25, 0.3) is 0 Å². The molecule has 0 spiro atoms. The van der Waals surface area contributed by atoms with Gasteiger partial charge in [-0.3, -0.25) is 0 Å². The second kappa shape index (κ2) is 4.57. The lowest BCUT2D eigenvalue weighted by atomic mass is 9.59. The number of ether oxygens (including phenoxy) is 2. The molecule has 2 aliphatic carbocycles. The molecular formula is C16H21NO4. The number of nitrogens with zero attached hydrogens (tertiary/aromatic N) is 1. The molecule has 0 amide bonds. The molecule has 3 atom stereocenters. The number of esters is 1. The van der Waals surface area contributed by atoms with E-state index in [0.717, 1.165) is 50.0 Å². The van der Waals surface area contributed by atoms with Crippen molar-refractivity contribution in [2.45, 2.75) is 58.2 Å². The molecule has 0 radical (unpaired) electrons. The van der Waals surface area contributed by atoms with Crippen LogP contribution in [0.4, 0.5) is 0 Å². The van der Waals surface area contributed by atoms with Crippen LogP contribution in [-0.4, -0.2) is 29.9 Å². The number of hydrogen-bond donors (Lipinski definition) is 0. The molecule has 1 aromatic rings. The smallest absolute Gasteiger partial charge is 0.361 e. The molecule has 1 saturated heterocycles. The first-order chi connectivity index (χ1) is 10.1. The molecule has 0 bridgehead atoms. The van der Waals surface area contributed by atoms with Gasteiger partial charge in [-0.05, 0) is 25.7 Å². The van der Waals surface area contributed by atoms with Gasteiger partial charge in [-0.2, -0.15) is 0 Å². The molecule has 0 N–H and O–H groups in total. The summed E-state index contributed by atoms with van der Waals surface area (Å²) in [6.45, 7) is 4.98. The summed E-state index contributed by atoms with van der Waals surface area (Å²) >= 11 is 0. The van der Waals surface area contributed by atoms with Crippen LogP contribution in [0.15, 0.2) is 4.52 Å². The fourth-order valence-corrected chi connectivity index (χ4v) is 4.23. The standard InChI is InChI=1S/C16H21NO4/c1-16(2)13-10(7-8-19-13)14(16)20-15(18)12-9-5-3-4-6-11(9)21-17-12/h10,13-14H,3-8H2,1-2H3/t10-,13+,14-/m0/s1. The fraction of sp³-hybridized carbons (Fsp3) is 0.750. The lowest BCUT2D eigenvalue weighted by Crippen LogP contribution is -2.61. The van der Waals surface area contributed by atoms with Crippen LogP contribution in [0.3, 0.4) is 0 Å². The Kier molecular flexibility index (Phi) is 2.89. The van der Waals surface area contributed by atoms with Gasteiger partial charge in [-0.25, -0.2) is 4.79 Å². The first-order valence-corrected chi connectivity index (χ1v) is 7.89. The maximum absolute atomic E-state index is 12.5. The second-order valence-corrected chi connectivity index (χ2v) is 7.03. The van der Waals surface area contributed by atoms with E-state index in [1.165, 1.54) is 0 Å². The molecule has 2 heterocycles. The largest absolute Gasteiger partial charge is 0.456 e. The lowest BCUT2D eigenvalue weighted by Gasteiger charge is -2.53. The van der Waals surface area contributed by atoms with Crippen LogP contribution in [0.5, 0.6) is 0 Å². The van der Waals surface area contributed by atoms with Gasteiger partial charge in [0, 0.05) is 29.9 Å². The van der Waals surface area contributed by atoms with Crippen molar-refractivity contribution in [2.75, 3.05) is 6.61 Å². The minimum Gasteiger partial charge on any atom is -0.456 e. The minimum atomic E-state index is -0.328. The maximum Gasteiger partial charge on any atom is 0.361 e. The predicted molar refractivity (Wildman–Crippen MR) is 74.0 cm³/mol. The second-order valence-electron chi connectivity index (χ2n) is 7.03. The summed E-state index contributed by atoms with van der Waals surface area (Å²) in [5.74, 6) is 0.875. The highest BCUT2D eigenvalue weighted by Gasteiger charge is 2.61. The summed E-state index contributed by atoms with van der Waals surface area (Å²) in [4.78, 5) is 12.5. The maximum atomic E-state index is 12.5. The molecule has 4 rings (SSSR count). The third-order valence-electron chi connectivity index (χ3n) is 5.37. The molecule has 1 aliphatic heterocycles. The highest BCUT2D eigenvalue weighted by Crippen LogP contribution is 2.53. The van der Waals surface area contributed by atoms with E-state index in [9.17, 15) is 4.79 Å². The van der Waals surface area contributed by atoms with Crippen LogP contribution >= 0.6 is 0 Å². The zero-order chi connectivity index (χ0) is 14.6. The molecule has 5 nitrogen and oxygen atoms in total. The Hall–Kier alpha value is -1.36. The van der Waals surface area contributed by atoms with Crippen molar-refractivity contribution < 1.29 is 18.8 Å². The number of carbonyl (C=O) groups is 1. The highest BCUT2D eigenvalue weighted by atomic mass is 16.6. The van der Waals surface area contributed by atoms with Crippen molar-refractivity contribution in [3.05, 3.63) is 17.0 Å². The van der Waals surface area contributed by atoms with Crippen LogP contribution in [0.2, 0.25) is 0 Å². The van der Waals surface area contributed by atoms with Gasteiger partial charge in [0.1, 0.15) is 11.9 Å². The van der Waals surface area contributed by atoms with E-state index in [2.05, 4.69) is 19.0 Å².